The fourth-order valence-electron chi connectivity index (χ4n) is 2.98. The molecular formula is C22H24BN3O2S2. The van der Waals surface area contributed by atoms with Crippen molar-refractivity contribution < 1.29 is 9.31 Å². The van der Waals surface area contributed by atoms with Crippen LogP contribution in [0.2, 0.25) is 0 Å². The lowest BCUT2D eigenvalue weighted by Gasteiger charge is -2.20. The number of rotatable bonds is 7. The summed E-state index contributed by atoms with van der Waals surface area (Å²) in [6, 6.07) is 20.8. The minimum Gasteiger partial charge on any atom is -0.406 e. The van der Waals surface area contributed by atoms with Gasteiger partial charge in [0.1, 0.15) is 5.03 Å². The molecule has 1 aliphatic rings. The maximum absolute atomic E-state index is 5.95. The molecule has 0 spiro atoms. The molecule has 0 atom stereocenters. The molecule has 2 heterocycles. The first-order valence-electron chi connectivity index (χ1n) is 10.0. The number of thioether (sulfide) groups is 2. The predicted molar refractivity (Wildman–Crippen MR) is 124 cm³/mol. The van der Waals surface area contributed by atoms with Gasteiger partial charge in [0.2, 0.25) is 0 Å². The van der Waals surface area contributed by atoms with Crippen molar-refractivity contribution in [3.05, 3.63) is 78.0 Å². The Labute approximate surface area is 186 Å². The lowest BCUT2D eigenvalue weighted by molar-refractivity contribution is 0.187. The summed E-state index contributed by atoms with van der Waals surface area (Å²) in [6.45, 7) is 2.83. The molecule has 0 aliphatic carbocycles. The number of nitrogens with zero attached hydrogens (tertiary/aromatic N) is 2. The second-order valence-corrected chi connectivity index (χ2v) is 8.69. The molecule has 0 bridgehead atoms. The highest BCUT2D eigenvalue weighted by molar-refractivity contribution is 7.99. The number of hydrogen-bond acceptors (Lipinski definition) is 7. The second kappa shape index (κ2) is 11.5. The van der Waals surface area contributed by atoms with Gasteiger partial charge < -0.3 is 14.6 Å². The van der Waals surface area contributed by atoms with Gasteiger partial charge in [-0.2, -0.15) is 0 Å². The summed E-state index contributed by atoms with van der Waals surface area (Å²) in [7, 11) is -0.432. The van der Waals surface area contributed by atoms with Crippen LogP contribution in [0.3, 0.4) is 0 Å². The number of hydrogen-bond donors (Lipinski definition) is 1. The second-order valence-electron chi connectivity index (χ2n) is 6.79. The molecule has 0 amide bonds. The fraction of sp³-hybridized carbons (Fsp3) is 0.273. The quantitative estimate of drug-likeness (QED) is 0.263. The van der Waals surface area contributed by atoms with Gasteiger partial charge in [-0.1, -0.05) is 72.4 Å². The zero-order chi connectivity index (χ0) is 20.4. The third-order valence-corrected chi connectivity index (χ3v) is 6.55. The number of benzene rings is 2. The molecule has 8 heteroatoms. The van der Waals surface area contributed by atoms with Crippen LogP contribution in [0.5, 0.6) is 0 Å². The van der Waals surface area contributed by atoms with Gasteiger partial charge in [0.05, 0.1) is 0 Å². The Morgan fingerprint density at radius 2 is 1.43 bits per heavy atom. The lowest BCUT2D eigenvalue weighted by Crippen LogP contribution is -2.44. The first-order chi connectivity index (χ1) is 14.9. The summed E-state index contributed by atoms with van der Waals surface area (Å²) < 4.78 is 11.9. The van der Waals surface area contributed by atoms with E-state index in [2.05, 4.69) is 58.8 Å². The predicted octanol–water partition coefficient (Wildman–Crippen LogP) is 3.39. The van der Waals surface area contributed by atoms with Crippen molar-refractivity contribution in [1.29, 1.82) is 0 Å². The smallest absolute Gasteiger partial charge is 0.406 e. The summed E-state index contributed by atoms with van der Waals surface area (Å²) in [4.78, 5) is 9.47. The van der Waals surface area contributed by atoms with E-state index in [1.165, 1.54) is 11.1 Å². The summed E-state index contributed by atoms with van der Waals surface area (Å²) in [6.07, 6.45) is 1.87. The minimum atomic E-state index is -0.432. The molecular weight excluding hydrogens is 413 g/mol. The van der Waals surface area contributed by atoms with E-state index in [9.17, 15) is 0 Å². The van der Waals surface area contributed by atoms with Gasteiger partial charge in [-0.05, 0) is 11.1 Å². The van der Waals surface area contributed by atoms with Crippen LogP contribution in [0.15, 0.2) is 77.0 Å². The monoisotopic (exact) mass is 437 g/mol. The first-order valence-corrected chi connectivity index (χ1v) is 12.0. The Morgan fingerprint density at radius 3 is 2.07 bits per heavy atom. The van der Waals surface area contributed by atoms with Crippen LogP contribution in [0.4, 0.5) is 0 Å². The van der Waals surface area contributed by atoms with Crippen molar-refractivity contribution in [3.8, 4) is 0 Å². The zero-order valence-corrected chi connectivity index (χ0v) is 18.3. The topological polar surface area (TPSA) is 56.3 Å². The molecule has 1 aliphatic heterocycles. The Hall–Kier alpha value is -1.84. The molecule has 1 fully saturated rings. The molecule has 0 saturated carbocycles. The Balaban J connectivity index is 1.52. The molecule has 0 unspecified atom stereocenters. The molecule has 4 rings (SSSR count). The molecule has 2 aromatic carbocycles. The average Bonchev–Trinajstić information content (AvgIpc) is 2.78. The van der Waals surface area contributed by atoms with Crippen LogP contribution in [0.1, 0.15) is 11.1 Å². The summed E-state index contributed by atoms with van der Waals surface area (Å²) in [5, 5.41) is 4.96. The summed E-state index contributed by atoms with van der Waals surface area (Å²) >= 11 is 3.35. The van der Waals surface area contributed by atoms with Crippen LogP contribution < -0.4 is 10.8 Å². The van der Waals surface area contributed by atoms with E-state index in [4.69, 9.17) is 14.3 Å². The van der Waals surface area contributed by atoms with E-state index >= 15 is 0 Å². The van der Waals surface area contributed by atoms with Gasteiger partial charge in [-0.3, -0.25) is 0 Å². The highest BCUT2D eigenvalue weighted by atomic mass is 32.2. The van der Waals surface area contributed by atoms with Crippen molar-refractivity contribution in [3.63, 3.8) is 0 Å². The van der Waals surface area contributed by atoms with Crippen molar-refractivity contribution in [2.45, 2.75) is 21.7 Å². The van der Waals surface area contributed by atoms with Crippen LogP contribution in [0.25, 0.3) is 0 Å². The highest BCUT2D eigenvalue weighted by Crippen LogP contribution is 2.24. The summed E-state index contributed by atoms with van der Waals surface area (Å²) in [5.74, 6) is 1.67. The standard InChI is InChI=1S/C22H24BN3O2S2/c1-3-7-18(8-4-1)16-29-21-20(23-27-13-11-24-12-14-28-23)15-25-22(26-21)30-17-19-9-5-2-6-10-19/h1-10,15,24H,11-14,16-17H2. The van der Waals surface area contributed by atoms with E-state index in [-0.39, 0.29) is 0 Å². The Morgan fingerprint density at radius 1 is 0.833 bits per heavy atom. The molecule has 1 aromatic heterocycles. The molecule has 1 saturated heterocycles. The molecule has 30 heavy (non-hydrogen) atoms. The average molecular weight is 437 g/mol. The molecule has 5 nitrogen and oxygen atoms in total. The van der Waals surface area contributed by atoms with Gasteiger partial charge in [0.25, 0.3) is 0 Å². The van der Waals surface area contributed by atoms with Gasteiger partial charge >= 0.3 is 7.12 Å². The van der Waals surface area contributed by atoms with E-state index in [0.29, 0.717) is 13.2 Å². The van der Waals surface area contributed by atoms with Crippen LogP contribution in [-0.4, -0.2) is 43.4 Å². The Kier molecular flexibility index (Phi) is 8.22. The SMILES string of the molecule is c1ccc(CSc2ncc(B3OCCNCCO3)c(SCc3ccccc3)n2)cc1. The van der Waals surface area contributed by atoms with Crippen molar-refractivity contribution in [2.75, 3.05) is 26.3 Å². The lowest BCUT2D eigenvalue weighted by atomic mass is 9.80. The van der Waals surface area contributed by atoms with Crippen molar-refractivity contribution in [2.24, 2.45) is 0 Å². The van der Waals surface area contributed by atoms with Crippen LogP contribution >= 0.6 is 23.5 Å². The highest BCUT2D eigenvalue weighted by Gasteiger charge is 2.27. The fourth-order valence-corrected chi connectivity index (χ4v) is 4.78. The van der Waals surface area contributed by atoms with Gasteiger partial charge in [-0.25, -0.2) is 9.97 Å². The zero-order valence-electron chi connectivity index (χ0n) is 16.7. The third-order valence-electron chi connectivity index (χ3n) is 4.54. The molecule has 1 N–H and O–H groups in total. The summed E-state index contributed by atoms with van der Waals surface area (Å²) in [5.41, 5.74) is 3.42. The number of aromatic nitrogens is 2. The number of nitrogens with one attached hydrogen (secondary N) is 1. The van der Waals surface area contributed by atoms with Gasteiger partial charge in [-0.15, -0.1) is 11.8 Å². The van der Waals surface area contributed by atoms with Crippen LogP contribution in [-0.2, 0) is 20.8 Å². The molecule has 3 aromatic rings. The van der Waals surface area contributed by atoms with Crippen molar-refractivity contribution in [1.82, 2.24) is 15.3 Å². The van der Waals surface area contributed by atoms with Crippen molar-refractivity contribution >= 4 is 36.1 Å². The van der Waals surface area contributed by atoms with Crippen LogP contribution in [0, 0.1) is 0 Å². The van der Waals surface area contributed by atoms with E-state index in [0.717, 1.165) is 40.2 Å². The largest absolute Gasteiger partial charge is 0.498 e. The first kappa shape index (κ1) is 21.4. The van der Waals surface area contributed by atoms with E-state index in [1.807, 2.05) is 18.3 Å². The van der Waals surface area contributed by atoms with E-state index in [1.54, 1.807) is 23.5 Å². The van der Waals surface area contributed by atoms with Gasteiger partial charge in [0, 0.05) is 49.5 Å². The maximum atomic E-state index is 5.95. The normalized spacial score (nSPS) is 14.9. The molecule has 0 radical (unpaired) electrons. The van der Waals surface area contributed by atoms with Gasteiger partial charge in [0.15, 0.2) is 5.16 Å². The maximum Gasteiger partial charge on any atom is 0.498 e. The minimum absolute atomic E-state index is 0.432. The molecule has 154 valence electrons. The Bertz CT molecular complexity index is 911. The third kappa shape index (κ3) is 6.33. The van der Waals surface area contributed by atoms with E-state index < -0.39 is 7.12 Å².